The number of nitrogens with one attached hydrogen (secondary N) is 1. The number of likely N-dealkylation sites (tertiary alicyclic amines) is 1. The van der Waals surface area contributed by atoms with Gasteiger partial charge in [-0.25, -0.2) is 4.79 Å². The second kappa shape index (κ2) is 9.19. The number of carbonyl (C=O) groups excluding carboxylic acids is 2. The third-order valence-corrected chi connectivity index (χ3v) is 4.63. The van der Waals surface area contributed by atoms with Crippen LogP contribution >= 0.6 is 0 Å². The monoisotopic (exact) mass is 367 g/mol. The summed E-state index contributed by atoms with van der Waals surface area (Å²) in [7, 11) is 0. The lowest BCUT2D eigenvalue weighted by Gasteiger charge is -2.24. The van der Waals surface area contributed by atoms with E-state index in [2.05, 4.69) is 5.32 Å². The third kappa shape index (κ3) is 5.31. The van der Waals surface area contributed by atoms with Gasteiger partial charge in [-0.3, -0.25) is 4.79 Å². The molecule has 0 radical (unpaired) electrons. The molecule has 1 unspecified atom stereocenters. The third-order valence-electron chi connectivity index (χ3n) is 4.63. The first kappa shape index (κ1) is 18.9. The molecule has 2 N–H and O–H groups in total. The molecule has 1 aliphatic rings. The molecular weight excluding hydrogens is 342 g/mol. The summed E-state index contributed by atoms with van der Waals surface area (Å²) in [4.78, 5) is 28.3. The Morgan fingerprint density at radius 3 is 2.33 bits per heavy atom. The SMILES string of the molecule is O=C1CC(NC(=O)N(CCO)Cc2ccccc2)CN1Cc1ccccc1. The minimum atomic E-state index is -0.257. The van der Waals surface area contributed by atoms with Crippen molar-refractivity contribution in [3.05, 3.63) is 71.8 Å². The Kier molecular flexibility index (Phi) is 6.44. The van der Waals surface area contributed by atoms with E-state index in [9.17, 15) is 14.7 Å². The van der Waals surface area contributed by atoms with E-state index in [-0.39, 0.29) is 31.1 Å². The van der Waals surface area contributed by atoms with Crippen LogP contribution in [-0.4, -0.2) is 52.6 Å². The Labute approximate surface area is 159 Å². The average Bonchev–Trinajstić information content (AvgIpc) is 3.02. The van der Waals surface area contributed by atoms with E-state index in [0.717, 1.165) is 11.1 Å². The summed E-state index contributed by atoms with van der Waals surface area (Å²) in [5, 5.41) is 12.2. The van der Waals surface area contributed by atoms with Gasteiger partial charge in [0.15, 0.2) is 0 Å². The highest BCUT2D eigenvalue weighted by molar-refractivity contribution is 5.81. The van der Waals surface area contributed by atoms with Gasteiger partial charge in [0.1, 0.15) is 0 Å². The van der Waals surface area contributed by atoms with Crippen molar-refractivity contribution in [1.82, 2.24) is 15.1 Å². The van der Waals surface area contributed by atoms with Crippen LogP contribution < -0.4 is 5.32 Å². The lowest BCUT2D eigenvalue weighted by molar-refractivity contribution is -0.128. The van der Waals surface area contributed by atoms with E-state index in [1.165, 1.54) is 0 Å². The Bertz CT molecular complexity index is 752. The summed E-state index contributed by atoms with van der Waals surface area (Å²) in [6.07, 6.45) is 0.302. The molecule has 6 nitrogen and oxygen atoms in total. The smallest absolute Gasteiger partial charge is 0.318 e. The molecule has 0 spiro atoms. The fourth-order valence-electron chi connectivity index (χ4n) is 3.27. The van der Waals surface area contributed by atoms with E-state index < -0.39 is 0 Å². The lowest BCUT2D eigenvalue weighted by atomic mass is 10.2. The van der Waals surface area contributed by atoms with Crippen LogP contribution in [-0.2, 0) is 17.9 Å². The van der Waals surface area contributed by atoms with Crippen LogP contribution in [0.2, 0.25) is 0 Å². The zero-order chi connectivity index (χ0) is 19.1. The van der Waals surface area contributed by atoms with Crippen molar-refractivity contribution in [3.63, 3.8) is 0 Å². The normalized spacial score (nSPS) is 16.4. The minimum Gasteiger partial charge on any atom is -0.395 e. The number of hydrogen-bond donors (Lipinski definition) is 2. The van der Waals surface area contributed by atoms with Crippen molar-refractivity contribution in [2.24, 2.45) is 0 Å². The van der Waals surface area contributed by atoms with Gasteiger partial charge in [-0.15, -0.1) is 0 Å². The van der Waals surface area contributed by atoms with Crippen LogP contribution in [0.1, 0.15) is 17.5 Å². The summed E-state index contributed by atoms with van der Waals surface area (Å²) in [6.45, 7) is 1.61. The standard InChI is InChI=1S/C21H25N3O3/c25-12-11-23(14-17-7-3-1-4-8-17)21(27)22-19-13-20(26)24(16-19)15-18-9-5-2-6-10-18/h1-10,19,25H,11-16H2,(H,22,27). The average molecular weight is 367 g/mol. The second-order valence-electron chi connectivity index (χ2n) is 6.74. The van der Waals surface area contributed by atoms with Crippen LogP contribution in [0.5, 0.6) is 0 Å². The van der Waals surface area contributed by atoms with Crippen LogP contribution in [0.3, 0.4) is 0 Å². The van der Waals surface area contributed by atoms with Gasteiger partial charge in [0.05, 0.1) is 12.6 Å². The minimum absolute atomic E-state index is 0.0425. The molecule has 0 bridgehead atoms. The van der Waals surface area contributed by atoms with Gasteiger partial charge in [0.2, 0.25) is 5.91 Å². The summed E-state index contributed by atoms with van der Waals surface area (Å²) in [5.74, 6) is 0.0425. The van der Waals surface area contributed by atoms with E-state index in [0.29, 0.717) is 26.1 Å². The number of urea groups is 1. The number of carbonyl (C=O) groups is 2. The molecule has 1 aliphatic heterocycles. The molecule has 27 heavy (non-hydrogen) atoms. The summed E-state index contributed by atoms with van der Waals surface area (Å²) < 4.78 is 0. The molecule has 3 amide bonds. The van der Waals surface area contributed by atoms with Crippen LogP contribution in [0.4, 0.5) is 4.79 Å². The van der Waals surface area contributed by atoms with Crippen LogP contribution in [0.15, 0.2) is 60.7 Å². The molecule has 3 rings (SSSR count). The molecular formula is C21H25N3O3. The van der Waals surface area contributed by atoms with Crippen molar-refractivity contribution in [2.45, 2.75) is 25.6 Å². The highest BCUT2D eigenvalue weighted by Crippen LogP contribution is 2.15. The maximum atomic E-state index is 12.6. The molecule has 0 saturated carbocycles. The number of benzene rings is 2. The highest BCUT2D eigenvalue weighted by atomic mass is 16.3. The molecule has 1 fully saturated rings. The largest absolute Gasteiger partial charge is 0.395 e. The van der Waals surface area contributed by atoms with Gasteiger partial charge in [-0.1, -0.05) is 60.7 Å². The molecule has 0 aromatic heterocycles. The number of aliphatic hydroxyl groups excluding tert-OH is 1. The molecule has 142 valence electrons. The van der Waals surface area contributed by atoms with E-state index in [1.807, 2.05) is 60.7 Å². The number of hydrogen-bond acceptors (Lipinski definition) is 3. The fraction of sp³-hybridized carbons (Fsp3) is 0.333. The van der Waals surface area contributed by atoms with Gasteiger partial charge in [-0.05, 0) is 11.1 Å². The molecule has 6 heteroatoms. The zero-order valence-corrected chi connectivity index (χ0v) is 15.3. The van der Waals surface area contributed by atoms with E-state index in [4.69, 9.17) is 0 Å². The van der Waals surface area contributed by atoms with Gasteiger partial charge in [-0.2, -0.15) is 0 Å². The molecule has 1 atom stereocenters. The summed E-state index contributed by atoms with van der Waals surface area (Å²) in [5.41, 5.74) is 2.07. The van der Waals surface area contributed by atoms with E-state index in [1.54, 1.807) is 9.80 Å². The summed E-state index contributed by atoms with van der Waals surface area (Å²) in [6, 6.07) is 19.0. The van der Waals surface area contributed by atoms with Crippen LogP contribution in [0, 0.1) is 0 Å². The molecule has 2 aromatic rings. The van der Waals surface area contributed by atoms with Gasteiger partial charge in [0.25, 0.3) is 0 Å². The Balaban J connectivity index is 1.56. The Morgan fingerprint density at radius 1 is 1.07 bits per heavy atom. The predicted octanol–water partition coefficient (Wildman–Crippen LogP) is 1.99. The van der Waals surface area contributed by atoms with Gasteiger partial charge in [0, 0.05) is 32.6 Å². The quantitative estimate of drug-likeness (QED) is 0.786. The van der Waals surface area contributed by atoms with Crippen molar-refractivity contribution < 1.29 is 14.7 Å². The number of aliphatic hydroxyl groups is 1. The van der Waals surface area contributed by atoms with Gasteiger partial charge >= 0.3 is 6.03 Å². The molecule has 2 aromatic carbocycles. The first-order valence-electron chi connectivity index (χ1n) is 9.17. The van der Waals surface area contributed by atoms with Crippen molar-refractivity contribution in [2.75, 3.05) is 19.7 Å². The number of rotatable bonds is 7. The maximum absolute atomic E-state index is 12.6. The topological polar surface area (TPSA) is 72.9 Å². The predicted molar refractivity (Wildman–Crippen MR) is 103 cm³/mol. The maximum Gasteiger partial charge on any atom is 0.318 e. The van der Waals surface area contributed by atoms with Gasteiger partial charge < -0.3 is 20.2 Å². The molecule has 0 aliphatic carbocycles. The number of amides is 3. The van der Waals surface area contributed by atoms with Crippen LogP contribution in [0.25, 0.3) is 0 Å². The first-order valence-corrected chi connectivity index (χ1v) is 9.17. The summed E-state index contributed by atoms with van der Waals surface area (Å²) >= 11 is 0. The Hall–Kier alpha value is -2.86. The first-order chi connectivity index (χ1) is 13.2. The molecule has 1 saturated heterocycles. The zero-order valence-electron chi connectivity index (χ0n) is 15.3. The highest BCUT2D eigenvalue weighted by Gasteiger charge is 2.31. The van der Waals surface area contributed by atoms with Crippen molar-refractivity contribution in [1.29, 1.82) is 0 Å². The van der Waals surface area contributed by atoms with Crippen molar-refractivity contribution >= 4 is 11.9 Å². The van der Waals surface area contributed by atoms with E-state index >= 15 is 0 Å². The lowest BCUT2D eigenvalue weighted by Crippen LogP contribution is -2.46. The number of nitrogens with zero attached hydrogens (tertiary/aromatic N) is 2. The Morgan fingerprint density at radius 2 is 1.70 bits per heavy atom. The fourth-order valence-corrected chi connectivity index (χ4v) is 3.27. The molecule has 1 heterocycles. The second-order valence-corrected chi connectivity index (χ2v) is 6.74. The van der Waals surface area contributed by atoms with Crippen molar-refractivity contribution in [3.8, 4) is 0 Å².